The van der Waals surface area contributed by atoms with Crippen molar-refractivity contribution in [3.8, 4) is 0 Å². The molecule has 0 bridgehead atoms. The zero-order valence-corrected chi connectivity index (χ0v) is 9.77. The highest BCUT2D eigenvalue weighted by Crippen LogP contribution is 2.51. The zero-order valence-electron chi connectivity index (χ0n) is 8.18. The maximum atomic E-state index is 13.9. The Morgan fingerprint density at radius 3 is 2.73 bits per heavy atom. The standard InChI is InChI=1S/C11H9BrFNO/c1-7-2-3-8(12)10(13)9(7)11(4-5-11)14-6-15/h2-3H,4-5H2,1H3. The first-order chi connectivity index (χ1) is 7.10. The van der Waals surface area contributed by atoms with E-state index in [1.54, 1.807) is 6.07 Å². The van der Waals surface area contributed by atoms with Gasteiger partial charge < -0.3 is 0 Å². The molecule has 0 unspecified atom stereocenters. The summed E-state index contributed by atoms with van der Waals surface area (Å²) in [5, 5.41) is 0. The minimum atomic E-state index is -0.639. The average molecular weight is 270 g/mol. The summed E-state index contributed by atoms with van der Waals surface area (Å²) in [6, 6.07) is 3.48. The van der Waals surface area contributed by atoms with Gasteiger partial charge in [0.15, 0.2) is 0 Å². The highest BCUT2D eigenvalue weighted by atomic mass is 79.9. The lowest BCUT2D eigenvalue weighted by molar-refractivity contribution is 0.545. The molecule has 0 aliphatic heterocycles. The monoisotopic (exact) mass is 269 g/mol. The Kier molecular flexibility index (Phi) is 2.49. The van der Waals surface area contributed by atoms with Gasteiger partial charge in [-0.25, -0.2) is 9.18 Å². The SMILES string of the molecule is Cc1ccc(Br)c(F)c1C1(N=C=O)CC1. The van der Waals surface area contributed by atoms with Crippen molar-refractivity contribution in [1.29, 1.82) is 0 Å². The summed E-state index contributed by atoms with van der Waals surface area (Å²) in [5.41, 5.74) is 0.715. The van der Waals surface area contributed by atoms with Gasteiger partial charge in [-0.05, 0) is 47.3 Å². The molecule has 0 atom stereocenters. The first-order valence-electron chi connectivity index (χ1n) is 4.65. The van der Waals surface area contributed by atoms with Gasteiger partial charge in [-0.3, -0.25) is 0 Å². The van der Waals surface area contributed by atoms with E-state index in [0.29, 0.717) is 10.0 Å². The molecule has 1 aromatic carbocycles. The Labute approximate surface area is 95.3 Å². The van der Waals surface area contributed by atoms with Crippen molar-refractivity contribution >= 4 is 22.0 Å². The first kappa shape index (κ1) is 10.5. The number of aliphatic imine (C=N–C) groups is 1. The maximum absolute atomic E-state index is 13.9. The van der Waals surface area contributed by atoms with Crippen LogP contribution in [-0.2, 0) is 10.3 Å². The molecule has 1 aliphatic rings. The smallest absolute Gasteiger partial charge is 0.211 e. The average Bonchev–Trinajstić information content (AvgIpc) is 2.94. The molecule has 1 saturated carbocycles. The minimum absolute atomic E-state index is 0.313. The number of nitrogens with zero attached hydrogens (tertiary/aromatic N) is 1. The van der Waals surface area contributed by atoms with E-state index < -0.39 is 5.54 Å². The van der Waals surface area contributed by atoms with E-state index in [9.17, 15) is 9.18 Å². The zero-order chi connectivity index (χ0) is 11.1. The largest absolute Gasteiger partial charge is 0.235 e. The third-order valence-electron chi connectivity index (χ3n) is 2.75. The molecule has 2 rings (SSSR count). The van der Waals surface area contributed by atoms with Gasteiger partial charge in [-0.1, -0.05) is 6.07 Å². The summed E-state index contributed by atoms with van der Waals surface area (Å²) < 4.78 is 14.3. The second kappa shape index (κ2) is 3.54. The summed E-state index contributed by atoms with van der Waals surface area (Å²) in [6.45, 7) is 1.82. The Morgan fingerprint density at radius 1 is 1.53 bits per heavy atom. The number of rotatable bonds is 2. The number of halogens is 2. The fraction of sp³-hybridized carbons (Fsp3) is 0.364. The molecule has 15 heavy (non-hydrogen) atoms. The Balaban J connectivity index is 2.62. The van der Waals surface area contributed by atoms with Crippen molar-refractivity contribution in [3.05, 3.63) is 33.5 Å². The number of aryl methyl sites for hydroxylation is 1. The molecule has 0 aromatic heterocycles. The van der Waals surface area contributed by atoms with E-state index >= 15 is 0 Å². The van der Waals surface area contributed by atoms with E-state index in [0.717, 1.165) is 18.4 Å². The summed E-state index contributed by atoms with van der Waals surface area (Å²) in [6.07, 6.45) is 2.97. The van der Waals surface area contributed by atoms with E-state index in [1.165, 1.54) is 6.08 Å². The molecule has 0 spiro atoms. The number of isocyanates is 1. The highest BCUT2D eigenvalue weighted by Gasteiger charge is 2.47. The van der Waals surface area contributed by atoms with Gasteiger partial charge in [0, 0.05) is 5.56 Å². The highest BCUT2D eigenvalue weighted by molar-refractivity contribution is 9.10. The van der Waals surface area contributed by atoms with Crippen LogP contribution in [0, 0.1) is 12.7 Å². The van der Waals surface area contributed by atoms with Crippen molar-refractivity contribution < 1.29 is 9.18 Å². The third-order valence-corrected chi connectivity index (χ3v) is 3.36. The number of hydrogen-bond acceptors (Lipinski definition) is 2. The summed E-state index contributed by atoms with van der Waals surface area (Å²) in [7, 11) is 0. The maximum Gasteiger partial charge on any atom is 0.235 e. The number of carbonyl (C=O) groups excluding carboxylic acids is 1. The van der Waals surface area contributed by atoms with Crippen LogP contribution < -0.4 is 0 Å². The van der Waals surface area contributed by atoms with E-state index in [4.69, 9.17) is 0 Å². The van der Waals surface area contributed by atoms with Crippen LogP contribution in [0.3, 0.4) is 0 Å². The molecule has 1 aliphatic carbocycles. The van der Waals surface area contributed by atoms with Gasteiger partial charge >= 0.3 is 0 Å². The predicted octanol–water partition coefficient (Wildman–Crippen LogP) is 3.22. The van der Waals surface area contributed by atoms with E-state index in [1.807, 2.05) is 13.0 Å². The molecule has 78 valence electrons. The molecule has 0 amide bonds. The van der Waals surface area contributed by atoms with Crippen molar-refractivity contribution in [3.63, 3.8) is 0 Å². The molecule has 1 fully saturated rings. The van der Waals surface area contributed by atoms with Crippen LogP contribution in [0.1, 0.15) is 24.0 Å². The van der Waals surface area contributed by atoms with Crippen LogP contribution in [0.4, 0.5) is 4.39 Å². The van der Waals surface area contributed by atoms with E-state index in [-0.39, 0.29) is 5.82 Å². The molecule has 2 nitrogen and oxygen atoms in total. The summed E-state index contributed by atoms with van der Waals surface area (Å²) in [4.78, 5) is 14.0. The van der Waals surface area contributed by atoms with Gasteiger partial charge in [0.05, 0.1) is 4.47 Å². The summed E-state index contributed by atoms with van der Waals surface area (Å²) in [5.74, 6) is -0.313. The van der Waals surface area contributed by atoms with E-state index in [2.05, 4.69) is 20.9 Å². The summed E-state index contributed by atoms with van der Waals surface area (Å²) >= 11 is 3.14. The molecule has 0 heterocycles. The van der Waals surface area contributed by atoms with Crippen LogP contribution >= 0.6 is 15.9 Å². The molecular formula is C11H9BrFNO. The molecule has 0 radical (unpaired) electrons. The quantitative estimate of drug-likeness (QED) is 0.599. The first-order valence-corrected chi connectivity index (χ1v) is 5.44. The Morgan fingerprint density at radius 2 is 2.20 bits per heavy atom. The topological polar surface area (TPSA) is 29.4 Å². The molecule has 4 heteroatoms. The second-order valence-corrected chi connectivity index (χ2v) is 4.64. The van der Waals surface area contributed by atoms with Gasteiger partial charge in [0.25, 0.3) is 0 Å². The van der Waals surface area contributed by atoms with Crippen LogP contribution in [0.25, 0.3) is 0 Å². The van der Waals surface area contributed by atoms with Crippen molar-refractivity contribution in [2.75, 3.05) is 0 Å². The van der Waals surface area contributed by atoms with Gasteiger partial charge in [-0.15, -0.1) is 0 Å². The molecule has 0 saturated heterocycles. The van der Waals surface area contributed by atoms with Crippen molar-refractivity contribution in [2.45, 2.75) is 25.3 Å². The van der Waals surface area contributed by atoms with Crippen LogP contribution in [0.15, 0.2) is 21.6 Å². The lowest BCUT2D eigenvalue weighted by atomic mass is 9.99. The fourth-order valence-corrected chi connectivity index (χ4v) is 2.17. The third kappa shape index (κ3) is 1.64. The number of hydrogen-bond donors (Lipinski definition) is 0. The van der Waals surface area contributed by atoms with Crippen molar-refractivity contribution in [1.82, 2.24) is 0 Å². The second-order valence-electron chi connectivity index (χ2n) is 3.79. The van der Waals surface area contributed by atoms with Crippen LogP contribution in [-0.4, -0.2) is 6.08 Å². The Hall–Kier alpha value is -0.990. The number of benzene rings is 1. The molecule has 1 aromatic rings. The van der Waals surface area contributed by atoms with Gasteiger partial charge in [0.1, 0.15) is 11.4 Å². The minimum Gasteiger partial charge on any atom is -0.211 e. The molecular weight excluding hydrogens is 261 g/mol. The van der Waals surface area contributed by atoms with Crippen molar-refractivity contribution in [2.24, 2.45) is 4.99 Å². The van der Waals surface area contributed by atoms with Crippen LogP contribution in [0.5, 0.6) is 0 Å². The van der Waals surface area contributed by atoms with Crippen LogP contribution in [0.2, 0.25) is 0 Å². The lowest BCUT2D eigenvalue weighted by Gasteiger charge is -2.13. The normalized spacial score (nSPS) is 17.0. The van der Waals surface area contributed by atoms with Gasteiger partial charge in [-0.2, -0.15) is 4.99 Å². The Bertz CT molecular complexity index is 462. The van der Waals surface area contributed by atoms with Gasteiger partial charge in [0.2, 0.25) is 6.08 Å². The molecule has 0 N–H and O–H groups in total. The predicted molar refractivity (Wildman–Crippen MR) is 57.9 cm³/mol. The lowest BCUT2D eigenvalue weighted by Crippen LogP contribution is -2.08. The fourth-order valence-electron chi connectivity index (χ4n) is 1.84.